The van der Waals surface area contributed by atoms with Crippen LogP contribution in [0, 0.1) is 0 Å². The molecule has 0 bridgehead atoms. The molecule has 1 aromatic heterocycles. The Kier molecular flexibility index (Phi) is 6.98. The minimum atomic E-state index is -0.654. The van der Waals surface area contributed by atoms with Crippen molar-refractivity contribution in [2.24, 2.45) is 4.99 Å². The van der Waals surface area contributed by atoms with Crippen LogP contribution in [0.3, 0.4) is 0 Å². The summed E-state index contributed by atoms with van der Waals surface area (Å²) in [7, 11) is 1.60. The summed E-state index contributed by atoms with van der Waals surface area (Å²) >= 11 is 1.29. The molecule has 0 spiro atoms. The molecule has 0 amide bonds. The Labute approximate surface area is 201 Å². The van der Waals surface area contributed by atoms with Crippen LogP contribution >= 0.6 is 11.3 Å². The summed E-state index contributed by atoms with van der Waals surface area (Å²) in [5, 5.41) is 0. The van der Waals surface area contributed by atoms with Crippen LogP contribution < -0.4 is 24.4 Å². The van der Waals surface area contributed by atoms with E-state index in [1.165, 1.54) is 11.3 Å². The lowest BCUT2D eigenvalue weighted by molar-refractivity contribution is -0.139. The molecule has 0 fully saturated rings. The van der Waals surface area contributed by atoms with Crippen molar-refractivity contribution in [1.29, 1.82) is 0 Å². The van der Waals surface area contributed by atoms with Gasteiger partial charge in [0.05, 0.1) is 42.2 Å². The average molecular weight is 479 g/mol. The first-order chi connectivity index (χ1) is 16.5. The molecule has 1 aliphatic heterocycles. The van der Waals surface area contributed by atoms with E-state index in [-0.39, 0.29) is 12.2 Å². The zero-order chi connectivity index (χ0) is 24.2. The molecular weight excluding hydrogens is 452 g/mol. The van der Waals surface area contributed by atoms with Crippen molar-refractivity contribution in [3.05, 3.63) is 90.6 Å². The summed E-state index contributed by atoms with van der Waals surface area (Å²) in [6.07, 6.45) is 1.81. The molecule has 0 radical (unpaired) electrons. The summed E-state index contributed by atoms with van der Waals surface area (Å²) < 4.78 is 18.3. The highest BCUT2D eigenvalue weighted by Gasteiger charge is 2.33. The SMILES string of the molecule is CCOC(=O)C1=C(C)N=c2s/c(=C/c3cccc(OC)c3)c(=O)n2C1c1ccc(OCC)cc1. The fraction of sp³-hybridized carbons (Fsp3) is 0.269. The Morgan fingerprint density at radius 2 is 1.88 bits per heavy atom. The molecule has 0 N–H and O–H groups in total. The van der Waals surface area contributed by atoms with Crippen molar-refractivity contribution in [2.75, 3.05) is 20.3 Å². The largest absolute Gasteiger partial charge is 0.497 e. The number of benzene rings is 2. The Hall–Kier alpha value is -3.65. The molecular formula is C26H26N2O5S. The number of ether oxygens (including phenoxy) is 3. The van der Waals surface area contributed by atoms with Crippen LogP contribution in [0.2, 0.25) is 0 Å². The van der Waals surface area contributed by atoms with E-state index in [1.807, 2.05) is 61.5 Å². The van der Waals surface area contributed by atoms with E-state index in [4.69, 9.17) is 14.2 Å². The van der Waals surface area contributed by atoms with E-state index in [0.29, 0.717) is 33.0 Å². The van der Waals surface area contributed by atoms with Gasteiger partial charge in [0.15, 0.2) is 4.80 Å². The Bertz CT molecular complexity index is 1420. The van der Waals surface area contributed by atoms with Crippen LogP contribution in [-0.4, -0.2) is 30.9 Å². The maximum Gasteiger partial charge on any atom is 0.338 e. The third-order valence-electron chi connectivity index (χ3n) is 5.42. The van der Waals surface area contributed by atoms with Gasteiger partial charge < -0.3 is 14.2 Å². The van der Waals surface area contributed by atoms with Gasteiger partial charge in [0.1, 0.15) is 11.5 Å². The van der Waals surface area contributed by atoms with Crippen LogP contribution in [0.4, 0.5) is 0 Å². The van der Waals surface area contributed by atoms with Crippen molar-refractivity contribution in [3.63, 3.8) is 0 Å². The lowest BCUT2D eigenvalue weighted by atomic mass is 9.96. The molecule has 0 aliphatic carbocycles. The summed E-state index contributed by atoms with van der Waals surface area (Å²) in [5.41, 5.74) is 2.27. The van der Waals surface area contributed by atoms with E-state index in [2.05, 4.69) is 4.99 Å². The topological polar surface area (TPSA) is 79.1 Å². The molecule has 0 saturated carbocycles. The van der Waals surface area contributed by atoms with E-state index in [0.717, 1.165) is 16.9 Å². The quantitative estimate of drug-likeness (QED) is 0.488. The Morgan fingerprint density at radius 1 is 1.12 bits per heavy atom. The highest BCUT2D eigenvalue weighted by molar-refractivity contribution is 7.07. The van der Waals surface area contributed by atoms with E-state index < -0.39 is 12.0 Å². The van der Waals surface area contributed by atoms with Crippen LogP contribution in [0.15, 0.2) is 69.6 Å². The molecule has 4 rings (SSSR count). The highest BCUT2D eigenvalue weighted by Crippen LogP contribution is 2.31. The maximum atomic E-state index is 13.6. The second-order valence-corrected chi connectivity index (χ2v) is 8.59. The monoisotopic (exact) mass is 478 g/mol. The molecule has 1 aliphatic rings. The first kappa shape index (κ1) is 23.5. The van der Waals surface area contributed by atoms with Crippen LogP contribution in [0.1, 0.15) is 37.9 Å². The molecule has 3 aromatic rings. The molecule has 1 atom stereocenters. The van der Waals surface area contributed by atoms with Gasteiger partial charge in [-0.1, -0.05) is 35.6 Å². The van der Waals surface area contributed by atoms with Crippen molar-refractivity contribution in [2.45, 2.75) is 26.8 Å². The standard InChI is InChI=1S/C26H26N2O5S/c1-5-32-19-12-10-18(11-13-19)23-22(25(30)33-6-2)16(3)27-26-28(23)24(29)21(34-26)15-17-8-7-9-20(14-17)31-4/h7-15,23H,5-6H2,1-4H3/b21-15+. The second kappa shape index (κ2) is 10.1. The number of hydrogen-bond acceptors (Lipinski definition) is 7. The van der Waals surface area contributed by atoms with E-state index in [9.17, 15) is 9.59 Å². The third-order valence-corrected chi connectivity index (χ3v) is 6.40. The smallest absolute Gasteiger partial charge is 0.338 e. The molecule has 8 heteroatoms. The second-order valence-electron chi connectivity index (χ2n) is 7.58. The summed E-state index contributed by atoms with van der Waals surface area (Å²) in [6, 6.07) is 14.2. The maximum absolute atomic E-state index is 13.6. The molecule has 2 aromatic carbocycles. The number of allylic oxidation sites excluding steroid dienone is 1. The van der Waals surface area contributed by atoms with Gasteiger partial charge in [-0.25, -0.2) is 9.79 Å². The predicted molar refractivity (Wildman–Crippen MR) is 131 cm³/mol. The van der Waals surface area contributed by atoms with Gasteiger partial charge >= 0.3 is 5.97 Å². The normalized spacial score (nSPS) is 15.5. The van der Waals surface area contributed by atoms with Crippen molar-refractivity contribution in [1.82, 2.24) is 4.57 Å². The molecule has 7 nitrogen and oxygen atoms in total. The number of fused-ring (bicyclic) bond motifs is 1. The zero-order valence-corrected chi connectivity index (χ0v) is 20.3. The number of nitrogens with zero attached hydrogens (tertiary/aromatic N) is 2. The molecule has 176 valence electrons. The number of carbonyl (C=O) groups excluding carboxylic acids is 1. The van der Waals surface area contributed by atoms with E-state index in [1.54, 1.807) is 25.5 Å². The van der Waals surface area contributed by atoms with Crippen LogP contribution in [-0.2, 0) is 9.53 Å². The minimum Gasteiger partial charge on any atom is -0.497 e. The summed E-state index contributed by atoms with van der Waals surface area (Å²) in [6.45, 7) is 6.22. The fourth-order valence-corrected chi connectivity index (χ4v) is 4.95. The highest BCUT2D eigenvalue weighted by atomic mass is 32.1. The third kappa shape index (κ3) is 4.54. The van der Waals surface area contributed by atoms with Crippen molar-refractivity contribution >= 4 is 23.4 Å². The van der Waals surface area contributed by atoms with Gasteiger partial charge in [-0.05, 0) is 62.2 Å². The van der Waals surface area contributed by atoms with Gasteiger partial charge in [0.25, 0.3) is 5.56 Å². The van der Waals surface area contributed by atoms with Crippen molar-refractivity contribution < 1.29 is 19.0 Å². The summed E-state index contributed by atoms with van der Waals surface area (Å²) in [5.74, 6) is 0.939. The molecule has 34 heavy (non-hydrogen) atoms. The van der Waals surface area contributed by atoms with Crippen LogP contribution in [0.5, 0.6) is 11.5 Å². The average Bonchev–Trinajstić information content (AvgIpc) is 3.13. The number of esters is 1. The van der Waals surface area contributed by atoms with Crippen LogP contribution in [0.25, 0.3) is 6.08 Å². The van der Waals surface area contributed by atoms with Gasteiger partial charge in [-0.15, -0.1) is 0 Å². The van der Waals surface area contributed by atoms with E-state index >= 15 is 0 Å². The first-order valence-electron chi connectivity index (χ1n) is 11.0. The number of carbonyl (C=O) groups is 1. The molecule has 1 unspecified atom stereocenters. The summed E-state index contributed by atoms with van der Waals surface area (Å²) in [4.78, 5) is 31.7. The Morgan fingerprint density at radius 3 is 2.56 bits per heavy atom. The number of hydrogen-bond donors (Lipinski definition) is 0. The minimum absolute atomic E-state index is 0.222. The lowest BCUT2D eigenvalue weighted by Gasteiger charge is -2.24. The molecule has 0 saturated heterocycles. The molecule has 2 heterocycles. The zero-order valence-electron chi connectivity index (χ0n) is 19.5. The number of thiazole rings is 1. The number of methoxy groups -OCH3 is 1. The van der Waals surface area contributed by atoms with Crippen molar-refractivity contribution in [3.8, 4) is 11.5 Å². The lowest BCUT2D eigenvalue weighted by Crippen LogP contribution is -2.39. The fourth-order valence-electron chi connectivity index (χ4n) is 3.90. The predicted octanol–water partition coefficient (Wildman–Crippen LogP) is 3.21. The van der Waals surface area contributed by atoms with Gasteiger partial charge in [-0.3, -0.25) is 9.36 Å². The van der Waals surface area contributed by atoms with Gasteiger partial charge in [0.2, 0.25) is 0 Å². The first-order valence-corrected chi connectivity index (χ1v) is 11.8. The van der Waals surface area contributed by atoms with Gasteiger partial charge in [0, 0.05) is 0 Å². The Balaban J connectivity index is 1.90. The van der Waals surface area contributed by atoms with Gasteiger partial charge in [-0.2, -0.15) is 0 Å². The number of aromatic nitrogens is 1. The number of rotatable bonds is 7.